The minimum atomic E-state index is -3.64. The van der Waals surface area contributed by atoms with Gasteiger partial charge in [0.2, 0.25) is 15.9 Å². The molecule has 0 aliphatic rings. The maximum Gasteiger partial charge on any atom is 0.245 e. The van der Waals surface area contributed by atoms with E-state index in [1.807, 2.05) is 36.4 Å². The van der Waals surface area contributed by atoms with Crippen molar-refractivity contribution in [2.75, 3.05) is 22.4 Å². The summed E-state index contributed by atoms with van der Waals surface area (Å²) >= 11 is 5.94. The number of carbonyl (C=O) groups excluding carboxylic acids is 1. The van der Waals surface area contributed by atoms with E-state index in [0.717, 1.165) is 21.3 Å². The largest absolute Gasteiger partial charge is 0.324 e. The van der Waals surface area contributed by atoms with Crippen molar-refractivity contribution in [1.29, 1.82) is 0 Å². The number of halogens is 1. The van der Waals surface area contributed by atoms with Crippen molar-refractivity contribution in [2.45, 2.75) is 0 Å². The first-order valence-corrected chi connectivity index (χ1v) is 10.1. The minimum Gasteiger partial charge on any atom is -0.324 e. The predicted molar refractivity (Wildman–Crippen MR) is 106 cm³/mol. The lowest BCUT2D eigenvalue weighted by atomic mass is 10.1. The molecule has 0 atom stereocenters. The standard InChI is InChI=1S/C19H17ClN2O3S/c1-26(24,25)22(18-8-4-7-16(20)12-18)13-19(23)21-17-10-9-14-5-2-3-6-15(14)11-17/h2-12H,13H2,1H3,(H,21,23). The molecule has 0 spiro atoms. The molecule has 1 amide bonds. The number of nitrogens with one attached hydrogen (secondary N) is 1. The van der Waals surface area contributed by atoms with Gasteiger partial charge in [-0.25, -0.2) is 8.42 Å². The Bertz CT molecular complexity index is 1070. The van der Waals surface area contributed by atoms with Crippen molar-refractivity contribution in [2.24, 2.45) is 0 Å². The van der Waals surface area contributed by atoms with Gasteiger partial charge in [0.05, 0.1) is 11.9 Å². The van der Waals surface area contributed by atoms with Crippen LogP contribution < -0.4 is 9.62 Å². The molecule has 0 aromatic heterocycles. The zero-order valence-corrected chi connectivity index (χ0v) is 15.6. The van der Waals surface area contributed by atoms with Crippen LogP contribution in [0.15, 0.2) is 66.7 Å². The van der Waals surface area contributed by atoms with E-state index in [2.05, 4.69) is 5.32 Å². The molecule has 5 nitrogen and oxygen atoms in total. The average molecular weight is 389 g/mol. The van der Waals surface area contributed by atoms with E-state index < -0.39 is 15.9 Å². The summed E-state index contributed by atoms with van der Waals surface area (Å²) in [6, 6.07) is 19.7. The summed E-state index contributed by atoms with van der Waals surface area (Å²) in [6.45, 7) is -0.341. The Hall–Kier alpha value is -2.57. The van der Waals surface area contributed by atoms with Gasteiger partial charge in [-0.2, -0.15) is 0 Å². The highest BCUT2D eigenvalue weighted by Gasteiger charge is 2.21. The molecule has 3 aromatic carbocycles. The fourth-order valence-electron chi connectivity index (χ4n) is 2.63. The van der Waals surface area contributed by atoms with Gasteiger partial charge >= 0.3 is 0 Å². The summed E-state index contributed by atoms with van der Waals surface area (Å²) < 4.78 is 25.2. The summed E-state index contributed by atoms with van der Waals surface area (Å²) in [7, 11) is -3.64. The highest BCUT2D eigenvalue weighted by Crippen LogP contribution is 2.22. The van der Waals surface area contributed by atoms with Crippen molar-refractivity contribution in [3.63, 3.8) is 0 Å². The van der Waals surface area contributed by atoms with Crippen molar-refractivity contribution in [1.82, 2.24) is 0 Å². The highest BCUT2D eigenvalue weighted by atomic mass is 35.5. The number of nitrogens with zero attached hydrogens (tertiary/aromatic N) is 1. The second-order valence-corrected chi connectivity index (χ2v) is 8.20. The van der Waals surface area contributed by atoms with Gasteiger partial charge in [-0.3, -0.25) is 9.10 Å². The third-order valence-corrected chi connectivity index (χ3v) is 5.19. The van der Waals surface area contributed by atoms with Gasteiger partial charge < -0.3 is 5.32 Å². The van der Waals surface area contributed by atoms with Crippen LogP contribution in [0.1, 0.15) is 0 Å². The quantitative estimate of drug-likeness (QED) is 0.720. The van der Waals surface area contributed by atoms with Crippen molar-refractivity contribution < 1.29 is 13.2 Å². The Morgan fingerprint density at radius 1 is 1.00 bits per heavy atom. The number of benzene rings is 3. The van der Waals surface area contributed by atoms with E-state index in [9.17, 15) is 13.2 Å². The first-order valence-electron chi connectivity index (χ1n) is 7.85. The molecule has 3 rings (SSSR count). The molecule has 0 unspecified atom stereocenters. The number of hydrogen-bond acceptors (Lipinski definition) is 3. The summed E-state index contributed by atoms with van der Waals surface area (Å²) in [5.74, 6) is -0.439. The number of fused-ring (bicyclic) bond motifs is 1. The van der Waals surface area contributed by atoms with Crippen LogP contribution in [0.2, 0.25) is 5.02 Å². The molecule has 0 aliphatic carbocycles. The van der Waals surface area contributed by atoms with Crippen LogP contribution in [-0.2, 0) is 14.8 Å². The van der Waals surface area contributed by atoms with Gasteiger partial charge in [-0.15, -0.1) is 0 Å². The van der Waals surface area contributed by atoms with Crippen LogP contribution in [0, 0.1) is 0 Å². The van der Waals surface area contributed by atoms with E-state index in [1.165, 1.54) is 6.07 Å². The summed E-state index contributed by atoms with van der Waals surface area (Å²) in [5.41, 5.74) is 0.946. The molecule has 0 saturated heterocycles. The summed E-state index contributed by atoms with van der Waals surface area (Å²) in [4.78, 5) is 12.4. The van der Waals surface area contributed by atoms with Gasteiger partial charge in [0, 0.05) is 10.7 Å². The number of carbonyl (C=O) groups is 1. The van der Waals surface area contributed by atoms with Crippen molar-refractivity contribution in [3.05, 3.63) is 71.8 Å². The molecular formula is C19H17ClN2O3S. The normalized spacial score (nSPS) is 11.3. The maximum absolute atomic E-state index is 12.4. The summed E-state index contributed by atoms with van der Waals surface area (Å²) in [5, 5.41) is 5.18. The predicted octanol–water partition coefficient (Wildman–Crippen LogP) is 3.90. The van der Waals surface area contributed by atoms with Crippen LogP contribution in [0.3, 0.4) is 0 Å². The van der Waals surface area contributed by atoms with Gasteiger partial charge in [0.1, 0.15) is 6.54 Å². The van der Waals surface area contributed by atoms with Crippen LogP contribution in [-0.4, -0.2) is 27.1 Å². The Labute approximate surface area is 157 Å². The third-order valence-electron chi connectivity index (χ3n) is 3.82. The number of anilines is 2. The van der Waals surface area contributed by atoms with Crippen LogP contribution in [0.25, 0.3) is 10.8 Å². The first kappa shape index (κ1) is 18.2. The highest BCUT2D eigenvalue weighted by molar-refractivity contribution is 7.92. The lowest BCUT2D eigenvalue weighted by Gasteiger charge is -2.22. The smallest absolute Gasteiger partial charge is 0.245 e. The zero-order valence-electron chi connectivity index (χ0n) is 14.0. The average Bonchev–Trinajstić information content (AvgIpc) is 2.58. The molecular weight excluding hydrogens is 372 g/mol. The third kappa shape index (κ3) is 4.33. The molecule has 134 valence electrons. The van der Waals surface area contributed by atoms with Gasteiger partial charge in [-0.05, 0) is 41.1 Å². The second kappa shape index (κ2) is 7.35. The fraction of sp³-hybridized carbons (Fsp3) is 0.105. The SMILES string of the molecule is CS(=O)(=O)N(CC(=O)Nc1ccc2ccccc2c1)c1cccc(Cl)c1. The first-order chi connectivity index (χ1) is 12.3. The number of sulfonamides is 1. The van der Waals surface area contributed by atoms with Crippen LogP contribution >= 0.6 is 11.6 Å². The number of rotatable bonds is 5. The van der Waals surface area contributed by atoms with Crippen LogP contribution in [0.4, 0.5) is 11.4 Å². The molecule has 0 bridgehead atoms. The Kier molecular flexibility index (Phi) is 5.15. The van der Waals surface area contributed by atoms with Crippen LogP contribution in [0.5, 0.6) is 0 Å². The maximum atomic E-state index is 12.4. The van der Waals surface area contributed by atoms with E-state index in [4.69, 9.17) is 11.6 Å². The molecule has 0 radical (unpaired) electrons. The number of hydrogen-bond donors (Lipinski definition) is 1. The van der Waals surface area contributed by atoms with Gasteiger partial charge in [0.25, 0.3) is 0 Å². The lowest BCUT2D eigenvalue weighted by Crippen LogP contribution is -2.37. The van der Waals surface area contributed by atoms with Crippen molar-refractivity contribution in [3.8, 4) is 0 Å². The topological polar surface area (TPSA) is 66.5 Å². The molecule has 0 saturated carbocycles. The Morgan fingerprint density at radius 3 is 2.42 bits per heavy atom. The number of amides is 1. The molecule has 3 aromatic rings. The van der Waals surface area contributed by atoms with E-state index >= 15 is 0 Å². The zero-order chi connectivity index (χ0) is 18.7. The van der Waals surface area contributed by atoms with E-state index in [0.29, 0.717) is 16.4 Å². The van der Waals surface area contributed by atoms with E-state index in [1.54, 1.807) is 24.3 Å². The summed E-state index contributed by atoms with van der Waals surface area (Å²) in [6.07, 6.45) is 1.05. The molecule has 0 fully saturated rings. The Balaban J connectivity index is 1.81. The molecule has 1 N–H and O–H groups in total. The van der Waals surface area contributed by atoms with E-state index in [-0.39, 0.29) is 6.54 Å². The van der Waals surface area contributed by atoms with Gasteiger partial charge in [-0.1, -0.05) is 48.0 Å². The lowest BCUT2D eigenvalue weighted by molar-refractivity contribution is -0.114. The van der Waals surface area contributed by atoms with Crippen molar-refractivity contribution >= 4 is 49.7 Å². The monoisotopic (exact) mass is 388 g/mol. The minimum absolute atomic E-state index is 0.341. The second-order valence-electron chi connectivity index (χ2n) is 5.86. The van der Waals surface area contributed by atoms with Gasteiger partial charge in [0.15, 0.2) is 0 Å². The molecule has 7 heteroatoms. The molecule has 0 heterocycles. The molecule has 26 heavy (non-hydrogen) atoms. The fourth-order valence-corrected chi connectivity index (χ4v) is 3.66. The Morgan fingerprint density at radius 2 is 1.73 bits per heavy atom. The molecule has 0 aliphatic heterocycles.